The molecule has 4 aromatic rings. The first-order valence-corrected chi connectivity index (χ1v) is 12.1. The third-order valence-corrected chi connectivity index (χ3v) is 6.96. The normalized spacial score (nSPS) is 17.9. The number of nitrogens with zero attached hydrogens (tertiary/aromatic N) is 2. The highest BCUT2D eigenvalue weighted by Crippen LogP contribution is 2.43. The lowest BCUT2D eigenvalue weighted by atomic mass is 10.0. The number of pyridine rings is 1. The van der Waals surface area contributed by atoms with Crippen molar-refractivity contribution in [2.75, 3.05) is 4.90 Å². The number of aryl methyl sites for hydroxylation is 3. The SMILES string of the molecule is Cc1ccc(Sc2ccc([C@H]3[C@H](c4ccccn4)NC(=S)N3c3cc(C)cc(C)c3)o2)cc1. The van der Waals surface area contributed by atoms with Crippen LogP contribution in [0.5, 0.6) is 0 Å². The van der Waals surface area contributed by atoms with Crippen LogP contribution >= 0.6 is 24.0 Å². The molecule has 1 saturated heterocycles. The van der Waals surface area contributed by atoms with Crippen LogP contribution < -0.4 is 10.2 Å². The average Bonchev–Trinajstić information content (AvgIpc) is 3.39. The van der Waals surface area contributed by atoms with Gasteiger partial charge in [-0.15, -0.1) is 0 Å². The molecule has 4 nitrogen and oxygen atoms in total. The average molecular weight is 472 g/mol. The largest absolute Gasteiger partial charge is 0.452 e. The van der Waals surface area contributed by atoms with Gasteiger partial charge in [-0.1, -0.05) is 41.6 Å². The summed E-state index contributed by atoms with van der Waals surface area (Å²) in [6, 6.07) is 24.8. The van der Waals surface area contributed by atoms with Crippen molar-refractivity contribution in [1.29, 1.82) is 0 Å². The van der Waals surface area contributed by atoms with Crippen molar-refractivity contribution in [3.8, 4) is 0 Å². The Morgan fingerprint density at radius 1 is 0.909 bits per heavy atom. The second-order valence-corrected chi connectivity index (χ2v) is 9.88. The van der Waals surface area contributed by atoms with Gasteiger partial charge in [0.05, 0.1) is 11.7 Å². The first-order chi connectivity index (χ1) is 16.0. The van der Waals surface area contributed by atoms with Crippen LogP contribution in [-0.4, -0.2) is 10.1 Å². The van der Waals surface area contributed by atoms with Gasteiger partial charge >= 0.3 is 0 Å². The molecule has 2 aromatic heterocycles. The van der Waals surface area contributed by atoms with E-state index in [2.05, 4.69) is 84.5 Å². The van der Waals surface area contributed by atoms with Crippen molar-refractivity contribution in [3.05, 3.63) is 107 Å². The van der Waals surface area contributed by atoms with E-state index in [0.29, 0.717) is 5.11 Å². The summed E-state index contributed by atoms with van der Waals surface area (Å²) in [5.41, 5.74) is 5.62. The second kappa shape index (κ2) is 9.04. The Morgan fingerprint density at radius 3 is 2.36 bits per heavy atom. The molecule has 3 heterocycles. The quantitative estimate of drug-likeness (QED) is 0.318. The van der Waals surface area contributed by atoms with Crippen LogP contribution in [0, 0.1) is 20.8 Å². The highest BCUT2D eigenvalue weighted by molar-refractivity contribution is 7.99. The third kappa shape index (κ3) is 4.54. The Bertz CT molecular complexity index is 1260. The summed E-state index contributed by atoms with van der Waals surface area (Å²) >= 11 is 7.45. The molecule has 0 radical (unpaired) electrons. The van der Waals surface area contributed by atoms with Crippen molar-refractivity contribution in [3.63, 3.8) is 0 Å². The monoisotopic (exact) mass is 471 g/mol. The summed E-state index contributed by atoms with van der Waals surface area (Å²) in [7, 11) is 0. The molecule has 166 valence electrons. The molecular formula is C27H25N3OS2. The van der Waals surface area contributed by atoms with Gasteiger partial charge in [0.2, 0.25) is 0 Å². The standard InChI is InChI=1S/C27H25N3OS2/c1-17-7-9-21(10-8-17)33-24-12-11-23(31-24)26-25(22-6-4-5-13-28-22)29-27(32)30(26)20-15-18(2)14-19(3)16-20/h4-16,25-26H,1-3H3,(H,29,32)/t25-,26-/m0/s1. The number of hydrogen-bond acceptors (Lipinski definition) is 4. The predicted octanol–water partition coefficient (Wildman–Crippen LogP) is 6.93. The van der Waals surface area contributed by atoms with Gasteiger partial charge in [-0.3, -0.25) is 4.98 Å². The summed E-state index contributed by atoms with van der Waals surface area (Å²) in [4.78, 5) is 7.93. The van der Waals surface area contributed by atoms with Crippen molar-refractivity contribution in [1.82, 2.24) is 10.3 Å². The minimum absolute atomic E-state index is 0.122. The maximum Gasteiger partial charge on any atom is 0.174 e. The Morgan fingerprint density at radius 2 is 1.67 bits per heavy atom. The van der Waals surface area contributed by atoms with Gasteiger partial charge in [0.25, 0.3) is 0 Å². The van der Waals surface area contributed by atoms with E-state index in [4.69, 9.17) is 16.6 Å². The maximum absolute atomic E-state index is 6.41. The highest BCUT2D eigenvalue weighted by Gasteiger charge is 2.42. The Balaban J connectivity index is 1.54. The van der Waals surface area contributed by atoms with Crippen LogP contribution in [0.3, 0.4) is 0 Å². The van der Waals surface area contributed by atoms with E-state index in [1.54, 1.807) is 11.8 Å². The van der Waals surface area contributed by atoms with Crippen LogP contribution in [0.15, 0.2) is 93.4 Å². The van der Waals surface area contributed by atoms with E-state index in [9.17, 15) is 0 Å². The summed E-state index contributed by atoms with van der Waals surface area (Å²) in [6.07, 6.45) is 1.82. The third-order valence-electron chi connectivity index (χ3n) is 5.72. The molecule has 0 bridgehead atoms. The van der Waals surface area contributed by atoms with Crippen LogP contribution in [0.25, 0.3) is 0 Å². The van der Waals surface area contributed by atoms with Gasteiger partial charge in [-0.25, -0.2) is 0 Å². The minimum atomic E-state index is -0.152. The smallest absolute Gasteiger partial charge is 0.174 e. The number of hydrogen-bond donors (Lipinski definition) is 1. The topological polar surface area (TPSA) is 41.3 Å². The molecule has 33 heavy (non-hydrogen) atoms. The van der Waals surface area contributed by atoms with E-state index in [1.165, 1.54) is 16.7 Å². The Kier molecular flexibility index (Phi) is 5.96. The first kappa shape index (κ1) is 21.7. The number of rotatable bonds is 5. The van der Waals surface area contributed by atoms with Crippen molar-refractivity contribution >= 4 is 34.8 Å². The van der Waals surface area contributed by atoms with E-state index < -0.39 is 0 Å². The Hall–Kier alpha value is -3.09. The molecule has 0 saturated carbocycles. The minimum Gasteiger partial charge on any atom is -0.452 e. The molecule has 0 unspecified atom stereocenters. The second-order valence-electron chi connectivity index (χ2n) is 8.41. The van der Waals surface area contributed by atoms with Crippen LogP contribution in [0.4, 0.5) is 5.69 Å². The van der Waals surface area contributed by atoms with Gasteiger partial charge < -0.3 is 14.6 Å². The number of benzene rings is 2. The number of aromatic nitrogens is 1. The van der Waals surface area contributed by atoms with Crippen LogP contribution in [0.1, 0.15) is 40.2 Å². The van der Waals surface area contributed by atoms with Gasteiger partial charge in [-0.05, 0) is 92.6 Å². The fourth-order valence-electron chi connectivity index (χ4n) is 4.28. The van der Waals surface area contributed by atoms with Gasteiger partial charge in [0, 0.05) is 16.8 Å². The number of furan rings is 1. The summed E-state index contributed by atoms with van der Waals surface area (Å²) < 4.78 is 6.41. The molecule has 0 aliphatic carbocycles. The summed E-state index contributed by atoms with van der Waals surface area (Å²) in [5.74, 6) is 0.853. The summed E-state index contributed by atoms with van der Waals surface area (Å²) in [5, 5.41) is 5.02. The van der Waals surface area contributed by atoms with Crippen LogP contribution in [0.2, 0.25) is 0 Å². The van der Waals surface area contributed by atoms with Gasteiger partial charge in [0.15, 0.2) is 10.2 Å². The van der Waals surface area contributed by atoms with E-state index in [1.807, 2.05) is 30.5 Å². The number of nitrogens with one attached hydrogen (secondary N) is 1. The predicted molar refractivity (Wildman–Crippen MR) is 138 cm³/mol. The van der Waals surface area contributed by atoms with E-state index >= 15 is 0 Å². The Labute approximate surface area is 204 Å². The molecule has 5 rings (SSSR count). The zero-order valence-corrected chi connectivity index (χ0v) is 20.4. The molecule has 1 aliphatic heterocycles. The molecular weight excluding hydrogens is 446 g/mol. The molecule has 6 heteroatoms. The fraction of sp³-hybridized carbons (Fsp3) is 0.185. The molecule has 2 atom stereocenters. The molecule has 1 fully saturated rings. The van der Waals surface area contributed by atoms with Gasteiger partial charge in [0.1, 0.15) is 11.8 Å². The number of thiocarbonyl (C=S) groups is 1. The lowest BCUT2D eigenvalue weighted by Crippen LogP contribution is -2.29. The molecule has 2 aromatic carbocycles. The van der Waals surface area contributed by atoms with E-state index in [-0.39, 0.29) is 12.1 Å². The molecule has 0 amide bonds. The lowest BCUT2D eigenvalue weighted by Gasteiger charge is -2.26. The summed E-state index contributed by atoms with van der Waals surface area (Å²) in [6.45, 7) is 6.31. The first-order valence-electron chi connectivity index (χ1n) is 10.9. The molecule has 0 spiro atoms. The van der Waals surface area contributed by atoms with Crippen molar-refractivity contribution < 1.29 is 4.42 Å². The van der Waals surface area contributed by atoms with E-state index in [0.717, 1.165) is 27.1 Å². The molecule has 1 aliphatic rings. The zero-order chi connectivity index (χ0) is 22.9. The highest BCUT2D eigenvalue weighted by atomic mass is 32.2. The van der Waals surface area contributed by atoms with Gasteiger partial charge in [-0.2, -0.15) is 0 Å². The lowest BCUT2D eigenvalue weighted by molar-refractivity contribution is 0.383. The van der Waals surface area contributed by atoms with Crippen LogP contribution in [-0.2, 0) is 0 Å². The van der Waals surface area contributed by atoms with Crippen molar-refractivity contribution in [2.45, 2.75) is 42.8 Å². The fourth-order valence-corrected chi connectivity index (χ4v) is 5.41. The molecule has 1 N–H and O–H groups in total. The zero-order valence-electron chi connectivity index (χ0n) is 18.8. The number of anilines is 1. The van der Waals surface area contributed by atoms with Crippen molar-refractivity contribution in [2.24, 2.45) is 0 Å². The maximum atomic E-state index is 6.41.